The lowest BCUT2D eigenvalue weighted by Gasteiger charge is -2.24. The van der Waals surface area contributed by atoms with Crippen LogP contribution in [0.2, 0.25) is 0 Å². The van der Waals surface area contributed by atoms with E-state index in [2.05, 4.69) is 4.98 Å². The van der Waals surface area contributed by atoms with Crippen molar-refractivity contribution in [1.82, 2.24) is 4.98 Å². The fourth-order valence-corrected chi connectivity index (χ4v) is 3.42. The Balaban J connectivity index is 1.93. The average molecular weight is 386 g/mol. The Morgan fingerprint density at radius 2 is 1.66 bits per heavy atom. The highest BCUT2D eigenvalue weighted by molar-refractivity contribution is 6.51. The summed E-state index contributed by atoms with van der Waals surface area (Å²) in [5.41, 5.74) is 1.15. The molecule has 1 aliphatic heterocycles. The molecule has 0 aliphatic carbocycles. The average Bonchev–Trinajstić information content (AvgIpc) is 3.05. The van der Waals surface area contributed by atoms with Crippen LogP contribution in [0.5, 0.6) is 5.75 Å². The number of benzene rings is 2. The van der Waals surface area contributed by atoms with E-state index in [9.17, 15) is 14.7 Å². The largest absolute Gasteiger partial charge is 0.507 e. The molecule has 1 saturated heterocycles. The van der Waals surface area contributed by atoms with Crippen molar-refractivity contribution in [2.24, 2.45) is 0 Å². The fourth-order valence-electron chi connectivity index (χ4n) is 3.42. The van der Waals surface area contributed by atoms with E-state index in [-0.39, 0.29) is 11.3 Å². The van der Waals surface area contributed by atoms with Gasteiger partial charge in [-0.25, -0.2) is 4.98 Å². The van der Waals surface area contributed by atoms with Crippen LogP contribution in [0.15, 0.2) is 84.6 Å². The predicted octanol–water partition coefficient (Wildman–Crippen LogP) is 3.72. The summed E-state index contributed by atoms with van der Waals surface area (Å²) in [6.07, 6.45) is 1.55. The van der Waals surface area contributed by atoms with Crippen molar-refractivity contribution in [3.63, 3.8) is 0 Å². The molecule has 6 nitrogen and oxygen atoms in total. The van der Waals surface area contributed by atoms with Crippen LogP contribution >= 0.6 is 0 Å². The van der Waals surface area contributed by atoms with Gasteiger partial charge in [-0.15, -0.1) is 0 Å². The van der Waals surface area contributed by atoms with Gasteiger partial charge in [0.25, 0.3) is 5.78 Å². The highest BCUT2D eigenvalue weighted by Gasteiger charge is 2.47. The maximum absolute atomic E-state index is 12.9. The van der Waals surface area contributed by atoms with Crippen LogP contribution in [0.25, 0.3) is 5.76 Å². The standard InChI is InChI=1S/C23H18N2O4/c1-29-17-12-10-15(11-13-17)20-19(21(26)16-7-3-2-4-8-16)22(27)23(28)25(20)18-9-5-6-14-24-18/h2-14,20,26H,1H3/t20-/m0/s1. The number of carbonyl (C=O) groups excluding carboxylic acids is 2. The molecule has 3 aromatic rings. The third-order valence-corrected chi connectivity index (χ3v) is 4.82. The molecular formula is C23H18N2O4. The number of ketones is 1. The zero-order chi connectivity index (χ0) is 20.4. The summed E-state index contributed by atoms with van der Waals surface area (Å²) in [4.78, 5) is 31.4. The SMILES string of the molecule is COc1ccc([C@H]2C(=C(O)c3ccccc3)C(=O)C(=O)N2c2ccccn2)cc1. The Labute approximate surface area is 167 Å². The third-order valence-electron chi connectivity index (χ3n) is 4.82. The van der Waals surface area contributed by atoms with Crippen LogP contribution in [-0.2, 0) is 9.59 Å². The number of amides is 1. The Kier molecular flexibility index (Phi) is 4.83. The maximum Gasteiger partial charge on any atom is 0.301 e. The van der Waals surface area contributed by atoms with Crippen molar-refractivity contribution in [1.29, 1.82) is 0 Å². The molecule has 0 spiro atoms. The van der Waals surface area contributed by atoms with Crippen molar-refractivity contribution >= 4 is 23.3 Å². The second-order valence-electron chi connectivity index (χ2n) is 6.50. The third kappa shape index (κ3) is 3.25. The number of carbonyl (C=O) groups is 2. The highest BCUT2D eigenvalue weighted by Crippen LogP contribution is 2.41. The fraction of sp³-hybridized carbons (Fsp3) is 0.0870. The number of nitrogens with zero attached hydrogens (tertiary/aromatic N) is 2. The number of Topliss-reactive ketones (excluding diaryl/α,β-unsaturated/α-hetero) is 1. The number of hydrogen-bond acceptors (Lipinski definition) is 5. The predicted molar refractivity (Wildman–Crippen MR) is 108 cm³/mol. The first kappa shape index (κ1) is 18.4. The zero-order valence-electron chi connectivity index (χ0n) is 15.6. The number of methoxy groups -OCH3 is 1. The van der Waals surface area contributed by atoms with Gasteiger partial charge in [0.1, 0.15) is 17.3 Å². The summed E-state index contributed by atoms with van der Waals surface area (Å²) in [5, 5.41) is 10.9. The van der Waals surface area contributed by atoms with Crippen molar-refractivity contribution in [2.75, 3.05) is 12.0 Å². The first-order valence-corrected chi connectivity index (χ1v) is 9.03. The molecular weight excluding hydrogens is 368 g/mol. The quantitative estimate of drug-likeness (QED) is 0.420. The van der Waals surface area contributed by atoms with E-state index in [0.717, 1.165) is 0 Å². The van der Waals surface area contributed by atoms with Gasteiger partial charge in [0.05, 0.1) is 18.7 Å². The number of pyridine rings is 1. The molecule has 1 atom stereocenters. The summed E-state index contributed by atoms with van der Waals surface area (Å²) in [5.74, 6) is -0.725. The molecule has 1 N–H and O–H groups in total. The highest BCUT2D eigenvalue weighted by atomic mass is 16.5. The van der Waals surface area contributed by atoms with Gasteiger partial charge in [-0.1, -0.05) is 48.5 Å². The maximum atomic E-state index is 12.9. The first-order chi connectivity index (χ1) is 14.1. The normalized spacial score (nSPS) is 18.1. The smallest absolute Gasteiger partial charge is 0.301 e. The van der Waals surface area contributed by atoms with Crippen LogP contribution in [0, 0.1) is 0 Å². The Hall–Kier alpha value is -3.93. The van der Waals surface area contributed by atoms with E-state index >= 15 is 0 Å². The van der Waals surface area contributed by atoms with Crippen molar-refractivity contribution in [3.05, 3.63) is 95.7 Å². The summed E-state index contributed by atoms with van der Waals surface area (Å²) in [6.45, 7) is 0. The van der Waals surface area contributed by atoms with Crippen LogP contribution in [0.4, 0.5) is 5.82 Å². The minimum Gasteiger partial charge on any atom is -0.507 e. The van der Waals surface area contributed by atoms with Gasteiger partial charge < -0.3 is 9.84 Å². The molecule has 1 aliphatic rings. The molecule has 2 heterocycles. The number of aromatic nitrogens is 1. The Morgan fingerprint density at radius 1 is 0.966 bits per heavy atom. The van der Waals surface area contributed by atoms with Gasteiger partial charge in [0.2, 0.25) is 0 Å². The molecule has 0 saturated carbocycles. The van der Waals surface area contributed by atoms with Crippen LogP contribution < -0.4 is 9.64 Å². The van der Waals surface area contributed by atoms with Crippen LogP contribution in [0.3, 0.4) is 0 Å². The van der Waals surface area contributed by atoms with E-state index in [1.54, 1.807) is 80.0 Å². The van der Waals surface area contributed by atoms with Crippen molar-refractivity contribution in [3.8, 4) is 5.75 Å². The van der Waals surface area contributed by atoms with E-state index in [1.807, 2.05) is 6.07 Å². The van der Waals surface area contributed by atoms with Crippen molar-refractivity contribution in [2.45, 2.75) is 6.04 Å². The van der Waals surface area contributed by atoms with Gasteiger partial charge in [0.15, 0.2) is 0 Å². The van der Waals surface area contributed by atoms with E-state index < -0.39 is 17.7 Å². The van der Waals surface area contributed by atoms with Gasteiger partial charge in [-0.05, 0) is 29.8 Å². The lowest BCUT2D eigenvalue weighted by atomic mass is 9.95. The molecule has 6 heteroatoms. The minimum atomic E-state index is -0.809. The Bertz CT molecular complexity index is 1080. The topological polar surface area (TPSA) is 79.7 Å². The zero-order valence-corrected chi connectivity index (χ0v) is 15.6. The molecule has 1 fully saturated rings. The number of anilines is 1. The Morgan fingerprint density at radius 3 is 2.28 bits per heavy atom. The molecule has 0 unspecified atom stereocenters. The van der Waals surface area contributed by atoms with Crippen molar-refractivity contribution < 1.29 is 19.4 Å². The molecule has 4 rings (SSSR count). The second kappa shape index (κ2) is 7.59. The lowest BCUT2D eigenvalue weighted by Crippen LogP contribution is -2.30. The molecule has 1 aromatic heterocycles. The number of aliphatic hydroxyl groups is 1. The summed E-state index contributed by atoms with van der Waals surface area (Å²) in [6, 6.07) is 20.0. The first-order valence-electron chi connectivity index (χ1n) is 9.03. The van der Waals surface area contributed by atoms with Gasteiger partial charge in [-0.3, -0.25) is 14.5 Å². The molecule has 0 radical (unpaired) electrons. The number of hydrogen-bond donors (Lipinski definition) is 1. The molecule has 2 aromatic carbocycles. The molecule has 1 amide bonds. The van der Waals surface area contributed by atoms with Crippen LogP contribution in [0.1, 0.15) is 17.2 Å². The van der Waals surface area contributed by atoms with E-state index in [4.69, 9.17) is 4.74 Å². The number of rotatable bonds is 4. The second-order valence-corrected chi connectivity index (χ2v) is 6.50. The summed E-state index contributed by atoms with van der Waals surface area (Å²) >= 11 is 0. The molecule has 144 valence electrons. The summed E-state index contributed by atoms with van der Waals surface area (Å²) in [7, 11) is 1.56. The van der Waals surface area contributed by atoms with E-state index in [0.29, 0.717) is 22.7 Å². The van der Waals surface area contributed by atoms with Crippen LogP contribution in [-0.4, -0.2) is 28.9 Å². The van der Waals surface area contributed by atoms with Gasteiger partial charge in [-0.2, -0.15) is 0 Å². The minimum absolute atomic E-state index is 0.0250. The monoisotopic (exact) mass is 386 g/mol. The lowest BCUT2D eigenvalue weighted by molar-refractivity contribution is -0.132. The number of aliphatic hydroxyl groups excluding tert-OH is 1. The summed E-state index contributed by atoms with van der Waals surface area (Å²) < 4.78 is 5.21. The van der Waals surface area contributed by atoms with E-state index in [1.165, 1.54) is 4.90 Å². The number of ether oxygens (including phenoxy) is 1. The van der Waals surface area contributed by atoms with Gasteiger partial charge in [0, 0.05) is 11.8 Å². The molecule has 0 bridgehead atoms. The molecule has 29 heavy (non-hydrogen) atoms. The van der Waals surface area contributed by atoms with Gasteiger partial charge >= 0.3 is 5.91 Å².